The third-order valence-corrected chi connectivity index (χ3v) is 2.27. The molecule has 0 fully saturated rings. The zero-order valence-corrected chi connectivity index (χ0v) is 8.14. The average molecular weight is 187 g/mol. The van der Waals surface area contributed by atoms with Gasteiger partial charge in [0.1, 0.15) is 0 Å². The van der Waals surface area contributed by atoms with Gasteiger partial charge in [0.2, 0.25) is 5.95 Å². The molecule has 2 aromatic rings. The van der Waals surface area contributed by atoms with Crippen LogP contribution in [0, 0.1) is 0 Å². The van der Waals surface area contributed by atoms with E-state index in [4.69, 9.17) is 5.73 Å². The summed E-state index contributed by atoms with van der Waals surface area (Å²) in [5, 5.41) is 0. The number of anilines is 1. The summed E-state index contributed by atoms with van der Waals surface area (Å²) in [6.45, 7) is 2.90. The summed E-state index contributed by atoms with van der Waals surface area (Å²) < 4.78 is 2.00. The van der Waals surface area contributed by atoms with Crippen molar-refractivity contribution in [2.45, 2.75) is 13.5 Å². The topological polar surface area (TPSA) is 43.8 Å². The van der Waals surface area contributed by atoms with Crippen molar-refractivity contribution in [2.75, 3.05) is 5.73 Å². The van der Waals surface area contributed by atoms with Gasteiger partial charge in [-0.3, -0.25) is 0 Å². The Bertz CT molecular complexity index is 417. The van der Waals surface area contributed by atoms with Gasteiger partial charge in [-0.1, -0.05) is 30.3 Å². The monoisotopic (exact) mass is 187 g/mol. The largest absolute Gasteiger partial charge is 0.369 e. The first-order valence-electron chi connectivity index (χ1n) is 4.69. The SMILES string of the molecule is CCn1c(-c2ccccc2)cnc1N. The Morgan fingerprint density at radius 1 is 1.29 bits per heavy atom. The van der Waals surface area contributed by atoms with Crippen LogP contribution in [0.2, 0.25) is 0 Å². The molecule has 2 N–H and O–H groups in total. The fraction of sp³-hybridized carbons (Fsp3) is 0.182. The Balaban J connectivity index is 2.52. The van der Waals surface area contributed by atoms with Gasteiger partial charge >= 0.3 is 0 Å². The molecular weight excluding hydrogens is 174 g/mol. The summed E-state index contributed by atoms with van der Waals surface area (Å²) >= 11 is 0. The maximum Gasteiger partial charge on any atom is 0.200 e. The number of hydrogen-bond acceptors (Lipinski definition) is 2. The summed E-state index contributed by atoms with van der Waals surface area (Å²) in [7, 11) is 0. The first kappa shape index (κ1) is 8.81. The van der Waals surface area contributed by atoms with E-state index in [0.717, 1.165) is 17.8 Å². The summed E-state index contributed by atoms with van der Waals surface area (Å²) in [4.78, 5) is 4.10. The van der Waals surface area contributed by atoms with Gasteiger partial charge in [0, 0.05) is 6.54 Å². The van der Waals surface area contributed by atoms with Crippen LogP contribution in [0.1, 0.15) is 6.92 Å². The third-order valence-electron chi connectivity index (χ3n) is 2.27. The molecule has 0 unspecified atom stereocenters. The maximum absolute atomic E-state index is 5.74. The minimum atomic E-state index is 0.575. The zero-order chi connectivity index (χ0) is 9.97. The highest BCUT2D eigenvalue weighted by Crippen LogP contribution is 2.20. The zero-order valence-electron chi connectivity index (χ0n) is 8.14. The summed E-state index contributed by atoms with van der Waals surface area (Å²) in [5.74, 6) is 0.575. The Hall–Kier alpha value is -1.77. The molecule has 0 aliphatic heterocycles. The lowest BCUT2D eigenvalue weighted by molar-refractivity contribution is 0.781. The number of aromatic nitrogens is 2. The molecule has 0 aliphatic rings. The second kappa shape index (κ2) is 3.54. The predicted octanol–water partition coefficient (Wildman–Crippen LogP) is 2.15. The molecule has 3 nitrogen and oxygen atoms in total. The van der Waals surface area contributed by atoms with E-state index in [1.54, 1.807) is 0 Å². The molecule has 0 saturated heterocycles. The second-order valence-electron chi connectivity index (χ2n) is 3.11. The van der Waals surface area contributed by atoms with Gasteiger partial charge < -0.3 is 10.3 Å². The van der Waals surface area contributed by atoms with Crippen LogP contribution in [-0.2, 0) is 6.54 Å². The number of rotatable bonds is 2. The van der Waals surface area contributed by atoms with E-state index in [1.807, 2.05) is 29.0 Å². The first-order chi connectivity index (χ1) is 6.83. The predicted molar refractivity (Wildman–Crippen MR) is 57.7 cm³/mol. The second-order valence-corrected chi connectivity index (χ2v) is 3.11. The molecule has 0 spiro atoms. The Kier molecular flexibility index (Phi) is 2.23. The molecule has 0 atom stereocenters. The lowest BCUT2D eigenvalue weighted by Gasteiger charge is -2.06. The number of benzene rings is 1. The van der Waals surface area contributed by atoms with Crippen molar-refractivity contribution in [3.63, 3.8) is 0 Å². The smallest absolute Gasteiger partial charge is 0.200 e. The van der Waals surface area contributed by atoms with Crippen LogP contribution in [0.5, 0.6) is 0 Å². The van der Waals surface area contributed by atoms with Gasteiger partial charge in [0.15, 0.2) is 0 Å². The number of nitrogens with zero attached hydrogens (tertiary/aromatic N) is 2. The van der Waals surface area contributed by atoms with Crippen molar-refractivity contribution < 1.29 is 0 Å². The molecule has 3 heteroatoms. The normalized spacial score (nSPS) is 10.4. The van der Waals surface area contributed by atoms with Gasteiger partial charge in [0.25, 0.3) is 0 Å². The Labute approximate surface area is 83.2 Å². The van der Waals surface area contributed by atoms with Gasteiger partial charge in [-0.05, 0) is 12.5 Å². The number of nitrogen functional groups attached to an aromatic ring is 1. The van der Waals surface area contributed by atoms with E-state index in [2.05, 4.69) is 24.0 Å². The lowest BCUT2D eigenvalue weighted by atomic mass is 10.2. The van der Waals surface area contributed by atoms with E-state index in [9.17, 15) is 0 Å². The van der Waals surface area contributed by atoms with E-state index in [1.165, 1.54) is 0 Å². The Morgan fingerprint density at radius 2 is 2.00 bits per heavy atom. The van der Waals surface area contributed by atoms with Crippen molar-refractivity contribution in [2.24, 2.45) is 0 Å². The molecule has 0 amide bonds. The number of nitrogens with two attached hydrogens (primary N) is 1. The van der Waals surface area contributed by atoms with Gasteiger partial charge in [-0.2, -0.15) is 0 Å². The molecular formula is C11H13N3. The maximum atomic E-state index is 5.74. The quantitative estimate of drug-likeness (QED) is 0.782. The Morgan fingerprint density at radius 3 is 2.64 bits per heavy atom. The minimum absolute atomic E-state index is 0.575. The molecule has 14 heavy (non-hydrogen) atoms. The highest BCUT2D eigenvalue weighted by molar-refractivity contribution is 5.60. The van der Waals surface area contributed by atoms with Crippen LogP contribution in [0.15, 0.2) is 36.5 Å². The highest BCUT2D eigenvalue weighted by Gasteiger charge is 2.06. The van der Waals surface area contributed by atoms with Crippen LogP contribution in [-0.4, -0.2) is 9.55 Å². The average Bonchev–Trinajstić information content (AvgIpc) is 2.61. The van der Waals surface area contributed by atoms with Crippen molar-refractivity contribution in [3.8, 4) is 11.3 Å². The molecule has 0 saturated carbocycles. The van der Waals surface area contributed by atoms with Crippen molar-refractivity contribution in [3.05, 3.63) is 36.5 Å². The summed E-state index contributed by atoms with van der Waals surface area (Å²) in [6.07, 6.45) is 1.81. The fourth-order valence-electron chi connectivity index (χ4n) is 1.56. The summed E-state index contributed by atoms with van der Waals surface area (Å²) in [5.41, 5.74) is 7.97. The van der Waals surface area contributed by atoms with Crippen LogP contribution < -0.4 is 5.73 Å². The molecule has 0 radical (unpaired) electrons. The molecule has 1 aromatic heterocycles. The lowest BCUT2D eigenvalue weighted by Crippen LogP contribution is -2.02. The third kappa shape index (κ3) is 1.37. The van der Waals surface area contributed by atoms with E-state index < -0.39 is 0 Å². The van der Waals surface area contributed by atoms with E-state index in [-0.39, 0.29) is 0 Å². The van der Waals surface area contributed by atoms with Crippen molar-refractivity contribution >= 4 is 5.95 Å². The van der Waals surface area contributed by atoms with Gasteiger partial charge in [0.05, 0.1) is 11.9 Å². The molecule has 72 valence electrons. The molecule has 0 aliphatic carbocycles. The van der Waals surface area contributed by atoms with E-state index in [0.29, 0.717) is 5.95 Å². The first-order valence-corrected chi connectivity index (χ1v) is 4.69. The van der Waals surface area contributed by atoms with Gasteiger partial charge in [-0.25, -0.2) is 4.98 Å². The highest BCUT2D eigenvalue weighted by atomic mass is 15.1. The minimum Gasteiger partial charge on any atom is -0.369 e. The molecule has 1 heterocycles. The van der Waals surface area contributed by atoms with E-state index >= 15 is 0 Å². The molecule has 1 aromatic carbocycles. The molecule has 2 rings (SSSR count). The number of imidazole rings is 1. The fourth-order valence-corrected chi connectivity index (χ4v) is 1.56. The standard InChI is InChI=1S/C11H13N3/c1-2-14-10(8-13-11(14)12)9-6-4-3-5-7-9/h3-8H,2H2,1H3,(H2,12,13). The van der Waals surface area contributed by atoms with Crippen molar-refractivity contribution in [1.29, 1.82) is 0 Å². The van der Waals surface area contributed by atoms with Crippen molar-refractivity contribution in [1.82, 2.24) is 9.55 Å². The van der Waals surface area contributed by atoms with Crippen LogP contribution in [0.4, 0.5) is 5.95 Å². The van der Waals surface area contributed by atoms with Gasteiger partial charge in [-0.15, -0.1) is 0 Å². The van der Waals surface area contributed by atoms with Crippen LogP contribution in [0.3, 0.4) is 0 Å². The van der Waals surface area contributed by atoms with Crippen LogP contribution >= 0.6 is 0 Å². The summed E-state index contributed by atoms with van der Waals surface area (Å²) in [6, 6.07) is 10.1. The number of hydrogen-bond donors (Lipinski definition) is 1. The van der Waals surface area contributed by atoms with Crippen LogP contribution in [0.25, 0.3) is 11.3 Å². The molecule has 0 bridgehead atoms.